The van der Waals surface area contributed by atoms with Gasteiger partial charge in [0.15, 0.2) is 11.5 Å². The molecule has 0 bridgehead atoms. The summed E-state index contributed by atoms with van der Waals surface area (Å²) in [5, 5.41) is 0. The zero-order valence-electron chi connectivity index (χ0n) is 12.3. The van der Waals surface area contributed by atoms with E-state index in [-0.39, 0.29) is 0 Å². The second-order valence-corrected chi connectivity index (χ2v) is 5.73. The van der Waals surface area contributed by atoms with E-state index in [1.807, 2.05) is 6.07 Å². The van der Waals surface area contributed by atoms with E-state index >= 15 is 0 Å². The van der Waals surface area contributed by atoms with Crippen LogP contribution in [0.15, 0.2) is 18.2 Å². The van der Waals surface area contributed by atoms with E-state index in [1.165, 1.54) is 44.7 Å². The molecule has 2 heterocycles. The molecule has 0 radical (unpaired) electrons. The minimum atomic E-state index is 0.662. The predicted octanol–water partition coefficient (Wildman–Crippen LogP) is 1.64. The molecular weight excluding hydrogens is 252 g/mol. The Morgan fingerprint density at radius 2 is 1.75 bits per heavy atom. The van der Waals surface area contributed by atoms with Crippen LogP contribution in [0.5, 0.6) is 11.5 Å². The number of hydrogen-bond donors (Lipinski definition) is 0. The highest BCUT2D eigenvalue weighted by molar-refractivity contribution is 5.43. The second kappa shape index (κ2) is 6.46. The van der Waals surface area contributed by atoms with Crippen LogP contribution in [0.1, 0.15) is 12.0 Å². The number of nitrogens with zero attached hydrogens (tertiary/aromatic N) is 2. The lowest BCUT2D eigenvalue weighted by atomic mass is 10.1. The van der Waals surface area contributed by atoms with Crippen molar-refractivity contribution in [3.05, 3.63) is 23.8 Å². The number of ether oxygens (including phenoxy) is 2. The smallest absolute Gasteiger partial charge is 0.161 e. The summed E-state index contributed by atoms with van der Waals surface area (Å²) >= 11 is 0. The molecular formula is C16H24N2O2. The monoisotopic (exact) mass is 276 g/mol. The van der Waals surface area contributed by atoms with E-state index in [2.05, 4.69) is 29.0 Å². The zero-order chi connectivity index (χ0) is 13.8. The number of piperazine rings is 1. The normalized spacial score (nSPS) is 20.1. The SMILES string of the molecule is CN1CCN(CCCc2ccc3c(c2)OCCO3)CC1. The first kappa shape index (κ1) is 13.7. The molecule has 0 aliphatic carbocycles. The maximum absolute atomic E-state index is 5.63. The Morgan fingerprint density at radius 3 is 2.55 bits per heavy atom. The summed E-state index contributed by atoms with van der Waals surface area (Å²) in [5.74, 6) is 1.80. The Kier molecular flexibility index (Phi) is 4.43. The van der Waals surface area contributed by atoms with Crippen LogP contribution in [0.4, 0.5) is 0 Å². The molecule has 2 aliphatic rings. The lowest BCUT2D eigenvalue weighted by Crippen LogP contribution is -2.44. The Balaban J connectivity index is 1.46. The Labute approximate surface area is 121 Å². The van der Waals surface area contributed by atoms with Gasteiger partial charge in [0, 0.05) is 26.2 Å². The fraction of sp³-hybridized carbons (Fsp3) is 0.625. The van der Waals surface area contributed by atoms with Crippen LogP contribution in [0.3, 0.4) is 0 Å². The zero-order valence-corrected chi connectivity index (χ0v) is 12.3. The molecule has 2 aliphatic heterocycles. The third-order valence-corrected chi connectivity index (χ3v) is 4.14. The molecule has 0 atom stereocenters. The van der Waals surface area contributed by atoms with Crippen molar-refractivity contribution in [3.63, 3.8) is 0 Å². The molecule has 0 saturated carbocycles. The van der Waals surface area contributed by atoms with Crippen LogP contribution in [-0.4, -0.2) is 62.8 Å². The van der Waals surface area contributed by atoms with Crippen LogP contribution < -0.4 is 9.47 Å². The first-order valence-electron chi connectivity index (χ1n) is 7.61. The average Bonchev–Trinajstić information content (AvgIpc) is 2.49. The van der Waals surface area contributed by atoms with Crippen LogP contribution in [-0.2, 0) is 6.42 Å². The quantitative estimate of drug-likeness (QED) is 0.834. The van der Waals surface area contributed by atoms with Gasteiger partial charge in [0.2, 0.25) is 0 Å². The molecule has 0 amide bonds. The fourth-order valence-electron chi connectivity index (χ4n) is 2.82. The maximum atomic E-state index is 5.63. The largest absolute Gasteiger partial charge is 0.486 e. The molecule has 110 valence electrons. The van der Waals surface area contributed by atoms with Crippen molar-refractivity contribution in [1.82, 2.24) is 9.80 Å². The topological polar surface area (TPSA) is 24.9 Å². The molecule has 1 aromatic carbocycles. The lowest BCUT2D eigenvalue weighted by Gasteiger charge is -2.32. The number of aryl methyl sites for hydroxylation is 1. The van der Waals surface area contributed by atoms with Crippen LogP contribution in [0.25, 0.3) is 0 Å². The van der Waals surface area contributed by atoms with Crippen molar-refractivity contribution in [2.45, 2.75) is 12.8 Å². The van der Waals surface area contributed by atoms with Crippen molar-refractivity contribution in [2.75, 3.05) is 53.0 Å². The molecule has 4 nitrogen and oxygen atoms in total. The van der Waals surface area contributed by atoms with Crippen molar-refractivity contribution in [1.29, 1.82) is 0 Å². The van der Waals surface area contributed by atoms with Crippen molar-refractivity contribution >= 4 is 0 Å². The van der Waals surface area contributed by atoms with Crippen LogP contribution in [0.2, 0.25) is 0 Å². The summed E-state index contributed by atoms with van der Waals surface area (Å²) in [5.41, 5.74) is 1.35. The van der Waals surface area contributed by atoms with E-state index in [4.69, 9.17) is 9.47 Å². The summed E-state index contributed by atoms with van der Waals surface area (Å²) in [6.45, 7) is 7.33. The third kappa shape index (κ3) is 3.44. The summed E-state index contributed by atoms with van der Waals surface area (Å²) in [6.07, 6.45) is 2.33. The van der Waals surface area contributed by atoms with Gasteiger partial charge in [-0.15, -0.1) is 0 Å². The van der Waals surface area contributed by atoms with Gasteiger partial charge < -0.3 is 19.3 Å². The molecule has 0 aromatic heterocycles. The number of likely N-dealkylation sites (N-methyl/N-ethyl adjacent to an activating group) is 1. The van der Waals surface area contributed by atoms with Gasteiger partial charge in [0.05, 0.1) is 0 Å². The van der Waals surface area contributed by atoms with Gasteiger partial charge in [0.25, 0.3) is 0 Å². The third-order valence-electron chi connectivity index (χ3n) is 4.14. The summed E-state index contributed by atoms with van der Waals surface area (Å²) in [4.78, 5) is 4.97. The summed E-state index contributed by atoms with van der Waals surface area (Å²) in [7, 11) is 2.20. The molecule has 3 rings (SSSR count). The van der Waals surface area contributed by atoms with E-state index in [1.54, 1.807) is 0 Å². The standard InChI is InChI=1S/C16H24N2O2/c1-17-7-9-18(10-8-17)6-2-3-14-4-5-15-16(13-14)20-12-11-19-15/h4-5,13H,2-3,6-12H2,1H3. The van der Waals surface area contributed by atoms with Gasteiger partial charge in [-0.2, -0.15) is 0 Å². The molecule has 20 heavy (non-hydrogen) atoms. The molecule has 4 heteroatoms. The maximum Gasteiger partial charge on any atom is 0.161 e. The van der Waals surface area contributed by atoms with Gasteiger partial charge >= 0.3 is 0 Å². The number of benzene rings is 1. The highest BCUT2D eigenvalue weighted by atomic mass is 16.6. The van der Waals surface area contributed by atoms with Gasteiger partial charge in [-0.3, -0.25) is 0 Å². The first-order valence-corrected chi connectivity index (χ1v) is 7.61. The number of hydrogen-bond acceptors (Lipinski definition) is 4. The van der Waals surface area contributed by atoms with E-state index in [0.717, 1.165) is 17.9 Å². The van der Waals surface area contributed by atoms with Gasteiger partial charge in [-0.05, 0) is 44.1 Å². The van der Waals surface area contributed by atoms with Gasteiger partial charge in [0.1, 0.15) is 13.2 Å². The van der Waals surface area contributed by atoms with Gasteiger partial charge in [-0.25, -0.2) is 0 Å². The highest BCUT2D eigenvalue weighted by Crippen LogP contribution is 2.31. The van der Waals surface area contributed by atoms with E-state index < -0.39 is 0 Å². The number of rotatable bonds is 4. The second-order valence-electron chi connectivity index (χ2n) is 5.73. The minimum Gasteiger partial charge on any atom is -0.486 e. The Bertz CT molecular complexity index is 442. The highest BCUT2D eigenvalue weighted by Gasteiger charge is 2.14. The molecule has 0 spiro atoms. The molecule has 1 fully saturated rings. The van der Waals surface area contributed by atoms with Crippen molar-refractivity contribution in [3.8, 4) is 11.5 Å². The number of fused-ring (bicyclic) bond motifs is 1. The van der Waals surface area contributed by atoms with Crippen molar-refractivity contribution < 1.29 is 9.47 Å². The van der Waals surface area contributed by atoms with Gasteiger partial charge in [-0.1, -0.05) is 6.07 Å². The Morgan fingerprint density at radius 1 is 1.00 bits per heavy atom. The Hall–Kier alpha value is -1.26. The van der Waals surface area contributed by atoms with Crippen LogP contribution in [0, 0.1) is 0 Å². The first-order chi connectivity index (χ1) is 9.81. The average molecular weight is 276 g/mol. The lowest BCUT2D eigenvalue weighted by molar-refractivity contribution is 0.153. The molecule has 0 unspecified atom stereocenters. The van der Waals surface area contributed by atoms with E-state index in [9.17, 15) is 0 Å². The minimum absolute atomic E-state index is 0.662. The molecule has 1 saturated heterocycles. The predicted molar refractivity (Wildman–Crippen MR) is 79.7 cm³/mol. The fourth-order valence-corrected chi connectivity index (χ4v) is 2.82. The summed E-state index contributed by atoms with van der Waals surface area (Å²) < 4.78 is 11.2. The van der Waals surface area contributed by atoms with Crippen molar-refractivity contribution in [2.24, 2.45) is 0 Å². The van der Waals surface area contributed by atoms with E-state index in [0.29, 0.717) is 13.2 Å². The van der Waals surface area contributed by atoms with Crippen LogP contribution >= 0.6 is 0 Å². The molecule has 0 N–H and O–H groups in total. The summed E-state index contributed by atoms with van der Waals surface area (Å²) in [6, 6.07) is 6.34. The molecule has 1 aromatic rings.